The molecule has 0 fully saturated rings. The van der Waals surface area contributed by atoms with E-state index in [0.717, 1.165) is 46.2 Å². The van der Waals surface area contributed by atoms with Gasteiger partial charge in [0.25, 0.3) is 0 Å². The minimum absolute atomic E-state index is 0. The fourth-order valence-corrected chi connectivity index (χ4v) is 30.5. The molecule has 4 aliphatic rings. The molecule has 8 nitrogen and oxygen atoms in total. The number of hydrogen-bond donors (Lipinski definition) is 4. The summed E-state index contributed by atoms with van der Waals surface area (Å²) in [5, 5.41) is 12.3. The molecule has 2 unspecified atom stereocenters. The van der Waals surface area contributed by atoms with Crippen molar-refractivity contribution in [3.05, 3.63) is 252 Å². The van der Waals surface area contributed by atoms with Crippen LogP contribution in [-0.4, -0.2) is 63.1 Å². The van der Waals surface area contributed by atoms with Crippen LogP contribution in [0.5, 0.6) is 0 Å². The van der Waals surface area contributed by atoms with E-state index in [1.165, 1.54) is 75.4 Å². The first-order chi connectivity index (χ1) is 38.0. The van der Waals surface area contributed by atoms with E-state index in [-0.39, 0.29) is 57.3 Å². The molecule has 0 saturated carbocycles. The van der Waals surface area contributed by atoms with Crippen LogP contribution in [0.15, 0.2) is 218 Å². The molecule has 8 aromatic carbocycles. The van der Waals surface area contributed by atoms with Crippen LogP contribution in [0.25, 0.3) is 33.4 Å². The number of fused-ring (bicyclic) bond motifs is 6. The van der Waals surface area contributed by atoms with Crippen molar-refractivity contribution in [1.29, 1.82) is 0 Å². The number of anilines is 4. The molecule has 4 aliphatic carbocycles. The van der Waals surface area contributed by atoms with Gasteiger partial charge in [0, 0.05) is 25.8 Å². The van der Waals surface area contributed by atoms with Crippen LogP contribution < -0.4 is 35.6 Å². The van der Waals surface area contributed by atoms with E-state index in [4.69, 9.17) is 0 Å². The van der Waals surface area contributed by atoms with Crippen molar-refractivity contribution < 1.29 is 45.0 Å². The molecular formula is C68H58HfN4O4Sn2. The van der Waals surface area contributed by atoms with Gasteiger partial charge in [-0.25, -0.2) is 0 Å². The van der Waals surface area contributed by atoms with Crippen LogP contribution in [-0.2, 0) is 45.0 Å². The van der Waals surface area contributed by atoms with Crippen molar-refractivity contribution in [3.8, 4) is 22.3 Å². The molecule has 4 amide bonds. The Morgan fingerprint density at radius 1 is 0.392 bits per heavy atom. The average Bonchev–Trinajstić information content (AvgIpc) is 4.34. The van der Waals surface area contributed by atoms with Gasteiger partial charge in [0.2, 0.25) is 0 Å². The molecule has 8 aromatic rings. The molecule has 4 N–H and O–H groups in total. The Kier molecular flexibility index (Phi) is 17.3. The number of benzene rings is 8. The summed E-state index contributed by atoms with van der Waals surface area (Å²) in [5.74, 6) is -0.657. The van der Waals surface area contributed by atoms with E-state index in [0.29, 0.717) is 22.7 Å². The summed E-state index contributed by atoms with van der Waals surface area (Å²) in [5.41, 5.74) is 16.9. The zero-order chi connectivity index (χ0) is 53.9. The molecular weight excluding hydrogens is 1350 g/mol. The van der Waals surface area contributed by atoms with Gasteiger partial charge in [-0.15, -0.1) is 0 Å². The third kappa shape index (κ3) is 11.3. The smallest absolute Gasteiger partial charge is 0 e. The van der Waals surface area contributed by atoms with E-state index in [1.807, 2.05) is 0 Å². The molecule has 12 rings (SSSR count). The van der Waals surface area contributed by atoms with Gasteiger partial charge >= 0.3 is 474 Å². The fourth-order valence-electron chi connectivity index (χ4n) is 11.9. The topological polar surface area (TPSA) is 116 Å². The van der Waals surface area contributed by atoms with Gasteiger partial charge < -0.3 is 0 Å². The van der Waals surface area contributed by atoms with Crippen LogP contribution in [0.4, 0.5) is 22.7 Å². The first kappa shape index (κ1) is 55.4. The van der Waals surface area contributed by atoms with E-state index in [9.17, 15) is 19.2 Å². The van der Waals surface area contributed by atoms with Gasteiger partial charge in [-0.1, -0.05) is 0 Å². The second-order valence-corrected chi connectivity index (χ2v) is 34.6. The number of nitrogens with one attached hydrogen (secondary N) is 4. The Labute approximate surface area is 495 Å². The summed E-state index contributed by atoms with van der Waals surface area (Å²) < 4.78 is 6.09. The third-order valence-electron chi connectivity index (χ3n) is 14.8. The van der Waals surface area contributed by atoms with Crippen molar-refractivity contribution in [2.45, 2.75) is 48.4 Å². The van der Waals surface area contributed by atoms with Crippen LogP contribution in [0, 0.1) is 0 Å². The molecule has 2 radical (unpaired) electrons. The molecule has 386 valence electrons. The van der Waals surface area contributed by atoms with Gasteiger partial charge in [0.1, 0.15) is 0 Å². The Balaban J connectivity index is 0.000000176. The Morgan fingerprint density at radius 3 is 0.987 bits per heavy atom. The van der Waals surface area contributed by atoms with Crippen molar-refractivity contribution in [3.63, 3.8) is 0 Å². The summed E-state index contributed by atoms with van der Waals surface area (Å²) in [6.07, 6.45) is 14.3. The number of carbonyl (C=O) groups is 4. The molecule has 0 saturated heterocycles. The largest absolute Gasteiger partial charge is 0 e. The van der Waals surface area contributed by atoms with Crippen LogP contribution in [0.1, 0.15) is 81.8 Å². The summed E-state index contributed by atoms with van der Waals surface area (Å²) in [6, 6.07) is 65.4. The monoisotopic (exact) mass is 1410 g/mol. The van der Waals surface area contributed by atoms with Crippen molar-refractivity contribution in [1.82, 2.24) is 0 Å². The summed E-state index contributed by atoms with van der Waals surface area (Å²) in [6.45, 7) is 6.07. The Hall–Kier alpha value is -6.93. The molecule has 0 spiro atoms. The molecule has 0 aliphatic heterocycles. The number of hydrogen-bond acceptors (Lipinski definition) is 4. The van der Waals surface area contributed by atoms with Crippen LogP contribution in [0.3, 0.4) is 0 Å². The standard InChI is InChI=1S/2C22H19N2O2.4C6H5.Hf.2Sn/c2*1-13(25)23-20-12-18-17-10-6-5-9-16(17)11-19(18)21(15-7-3-4-8-15)22(20)24-14(2)26;4*1-2-4-6-5-3-1;;;/h2*3-7,9-12H,8H2,1-2H3,(H,23,25)(H,24,26);4*1-5H;;;. The quantitative estimate of drug-likeness (QED) is 0.0912. The third-order valence-corrected chi connectivity index (χ3v) is 32.4. The zero-order valence-electron chi connectivity index (χ0n) is 44.5. The van der Waals surface area contributed by atoms with Crippen LogP contribution >= 0.6 is 0 Å². The second-order valence-electron chi connectivity index (χ2n) is 20.0. The van der Waals surface area contributed by atoms with Crippen molar-refractivity contribution in [2.24, 2.45) is 0 Å². The maximum absolute atomic E-state index is 12.5. The van der Waals surface area contributed by atoms with E-state index >= 15 is 0 Å². The van der Waals surface area contributed by atoms with E-state index in [2.05, 4.69) is 240 Å². The SMILES string of the molecule is CC(=O)Nc1cc2c(c(C3=CC=CC3)c1NC(C)=O)[CH]([Sn]([c]1ccccc1)[c]1ccccc1)c1ccccc1-2.CC(=O)Nc1cc2c(c(C3=CC=CC3)c1NC(C)=O)[CH]([Sn]([c]1ccccc1)[c]1ccccc1)c1ccccc1-2.[Hf]. The predicted octanol–water partition coefficient (Wildman–Crippen LogP) is 11.8. The second kappa shape index (κ2) is 24.6. The number of allylic oxidation sites excluding steroid dienone is 8. The Bertz CT molecular complexity index is 3460. The minimum Gasteiger partial charge on any atom is 0 e. The Morgan fingerprint density at radius 2 is 0.696 bits per heavy atom. The summed E-state index contributed by atoms with van der Waals surface area (Å²) in [7, 11) is 0. The van der Waals surface area contributed by atoms with Crippen molar-refractivity contribution >= 4 is 111 Å². The predicted molar refractivity (Wildman–Crippen MR) is 324 cm³/mol. The van der Waals surface area contributed by atoms with Gasteiger partial charge in [0.15, 0.2) is 0 Å². The first-order valence-electron chi connectivity index (χ1n) is 26.4. The van der Waals surface area contributed by atoms with Crippen molar-refractivity contribution in [2.75, 3.05) is 21.3 Å². The molecule has 79 heavy (non-hydrogen) atoms. The molecule has 0 heterocycles. The fraction of sp³-hybridized carbons (Fsp3) is 0.118. The van der Waals surface area contributed by atoms with Gasteiger partial charge in [-0.05, 0) is 0 Å². The van der Waals surface area contributed by atoms with Gasteiger partial charge in [0.05, 0.1) is 0 Å². The van der Waals surface area contributed by atoms with Crippen LogP contribution in [0.2, 0.25) is 0 Å². The molecule has 2 atom stereocenters. The van der Waals surface area contributed by atoms with E-state index in [1.54, 1.807) is 0 Å². The molecule has 11 heteroatoms. The number of amides is 4. The zero-order valence-corrected chi connectivity index (χ0v) is 53.8. The average molecular weight is 1410 g/mol. The first-order valence-corrected chi connectivity index (χ1v) is 35.4. The maximum Gasteiger partial charge on any atom is 0 e. The summed E-state index contributed by atoms with van der Waals surface area (Å²) in [4.78, 5) is 49.8. The minimum atomic E-state index is -2.70. The normalized spacial score (nSPS) is 14.9. The maximum atomic E-state index is 12.5. The van der Waals surface area contributed by atoms with Gasteiger partial charge in [-0.2, -0.15) is 0 Å². The molecule has 0 aromatic heterocycles. The van der Waals surface area contributed by atoms with Gasteiger partial charge in [-0.3, -0.25) is 0 Å². The number of rotatable bonds is 12. The number of carbonyl (C=O) groups excluding carboxylic acids is 4. The van der Waals surface area contributed by atoms with E-state index < -0.39 is 39.5 Å². The molecule has 0 bridgehead atoms. The summed E-state index contributed by atoms with van der Waals surface area (Å²) >= 11 is -5.41.